The van der Waals surface area contributed by atoms with Gasteiger partial charge in [-0.2, -0.15) is 0 Å². The van der Waals surface area contributed by atoms with E-state index in [-0.39, 0.29) is 5.41 Å². The molecule has 1 aliphatic carbocycles. The van der Waals surface area contributed by atoms with Crippen molar-refractivity contribution in [2.24, 2.45) is 10.4 Å². The molecule has 0 atom stereocenters. The Morgan fingerprint density at radius 1 is 1.09 bits per heavy atom. The second-order valence-corrected chi connectivity index (χ2v) is 7.10. The average molecular weight is 292 g/mol. The third-order valence-electron chi connectivity index (χ3n) is 4.63. The van der Waals surface area contributed by atoms with Crippen LogP contribution < -0.4 is 0 Å². The first-order valence-electron chi connectivity index (χ1n) is 8.00. The largest absolute Gasteiger partial charge is 0.255 e. The van der Waals surface area contributed by atoms with Crippen molar-refractivity contribution in [3.05, 3.63) is 58.4 Å². The highest BCUT2D eigenvalue weighted by molar-refractivity contribution is 6.06. The molecule has 3 rings (SSSR count). The van der Waals surface area contributed by atoms with Gasteiger partial charge in [0, 0.05) is 11.6 Å². The summed E-state index contributed by atoms with van der Waals surface area (Å²) in [5.41, 5.74) is 8.47. The molecule has 0 fully saturated rings. The SMILES string of the molecule is Cc1cc(C)c(N=C2c3ncccc3CCC2(C)C)c(C)c1. The van der Waals surface area contributed by atoms with Gasteiger partial charge in [-0.15, -0.1) is 0 Å². The number of pyridine rings is 1. The number of fused-ring (bicyclic) bond motifs is 1. The second-order valence-electron chi connectivity index (χ2n) is 7.10. The van der Waals surface area contributed by atoms with Crippen LogP contribution in [-0.2, 0) is 6.42 Å². The molecular formula is C20H24N2. The zero-order valence-electron chi connectivity index (χ0n) is 14.2. The standard InChI is InChI=1S/C20H24N2/c1-13-11-14(2)17(15(3)12-13)22-19-18-16(7-6-10-21-18)8-9-20(19,4)5/h6-7,10-12H,8-9H2,1-5H3. The number of aromatic nitrogens is 1. The molecule has 1 heterocycles. The van der Waals surface area contributed by atoms with Gasteiger partial charge in [-0.3, -0.25) is 9.98 Å². The van der Waals surface area contributed by atoms with Gasteiger partial charge in [0.2, 0.25) is 0 Å². The van der Waals surface area contributed by atoms with Crippen LogP contribution in [0.2, 0.25) is 0 Å². The lowest BCUT2D eigenvalue weighted by Gasteiger charge is -2.32. The van der Waals surface area contributed by atoms with Crippen molar-refractivity contribution in [2.75, 3.05) is 0 Å². The first-order chi connectivity index (χ1) is 10.4. The van der Waals surface area contributed by atoms with Gasteiger partial charge in [0.05, 0.1) is 17.1 Å². The maximum Gasteiger partial charge on any atom is 0.0882 e. The molecule has 0 bridgehead atoms. The Bertz CT molecular complexity index is 731. The van der Waals surface area contributed by atoms with E-state index in [9.17, 15) is 0 Å². The summed E-state index contributed by atoms with van der Waals surface area (Å²) in [6, 6.07) is 8.63. The molecule has 1 aromatic carbocycles. The van der Waals surface area contributed by atoms with Crippen molar-refractivity contribution in [1.82, 2.24) is 4.98 Å². The van der Waals surface area contributed by atoms with Gasteiger partial charge in [0.15, 0.2) is 0 Å². The molecule has 0 N–H and O–H groups in total. The van der Waals surface area contributed by atoms with E-state index >= 15 is 0 Å². The molecule has 0 saturated carbocycles. The Balaban J connectivity index is 2.21. The van der Waals surface area contributed by atoms with E-state index in [0.29, 0.717) is 0 Å². The molecular weight excluding hydrogens is 268 g/mol. The van der Waals surface area contributed by atoms with Crippen molar-refractivity contribution in [2.45, 2.75) is 47.5 Å². The molecule has 0 unspecified atom stereocenters. The Morgan fingerprint density at radius 2 is 1.77 bits per heavy atom. The molecule has 0 spiro atoms. The molecule has 22 heavy (non-hydrogen) atoms. The van der Waals surface area contributed by atoms with Gasteiger partial charge in [0.25, 0.3) is 0 Å². The molecule has 114 valence electrons. The van der Waals surface area contributed by atoms with Crippen LogP contribution in [0.5, 0.6) is 0 Å². The minimum absolute atomic E-state index is 0.0606. The molecule has 0 radical (unpaired) electrons. The first-order valence-corrected chi connectivity index (χ1v) is 8.00. The van der Waals surface area contributed by atoms with Crippen molar-refractivity contribution in [1.29, 1.82) is 0 Å². The molecule has 2 heteroatoms. The molecule has 0 amide bonds. The highest BCUT2D eigenvalue weighted by atomic mass is 14.8. The van der Waals surface area contributed by atoms with Crippen LogP contribution in [0, 0.1) is 26.2 Å². The predicted octanol–water partition coefficient (Wildman–Crippen LogP) is 5.10. The quantitative estimate of drug-likeness (QED) is 0.718. The van der Waals surface area contributed by atoms with Crippen molar-refractivity contribution < 1.29 is 0 Å². The van der Waals surface area contributed by atoms with E-state index in [1.165, 1.54) is 22.3 Å². The third-order valence-corrected chi connectivity index (χ3v) is 4.63. The third kappa shape index (κ3) is 2.58. The van der Waals surface area contributed by atoms with Crippen molar-refractivity contribution >= 4 is 11.4 Å². The average Bonchev–Trinajstić information content (AvgIpc) is 2.44. The van der Waals surface area contributed by atoms with Crippen LogP contribution in [-0.4, -0.2) is 10.7 Å². The summed E-state index contributed by atoms with van der Waals surface area (Å²) in [4.78, 5) is 9.75. The van der Waals surface area contributed by atoms with E-state index in [0.717, 1.165) is 29.9 Å². The number of hydrogen-bond acceptors (Lipinski definition) is 2. The number of rotatable bonds is 1. The smallest absolute Gasteiger partial charge is 0.0882 e. The van der Waals surface area contributed by atoms with Crippen molar-refractivity contribution in [3.63, 3.8) is 0 Å². The lowest BCUT2D eigenvalue weighted by atomic mass is 9.74. The minimum Gasteiger partial charge on any atom is -0.255 e. The number of aliphatic imine (C=N–C) groups is 1. The Morgan fingerprint density at radius 3 is 2.45 bits per heavy atom. The summed E-state index contributed by atoms with van der Waals surface area (Å²) in [5, 5.41) is 0. The highest BCUT2D eigenvalue weighted by Gasteiger charge is 2.33. The lowest BCUT2D eigenvalue weighted by molar-refractivity contribution is 0.463. The van der Waals surface area contributed by atoms with Gasteiger partial charge in [-0.05, 0) is 56.4 Å². The molecule has 1 aromatic heterocycles. The number of benzene rings is 1. The lowest BCUT2D eigenvalue weighted by Crippen LogP contribution is -2.32. The van der Waals surface area contributed by atoms with E-state index in [1.807, 2.05) is 12.3 Å². The molecule has 0 saturated heterocycles. The highest BCUT2D eigenvalue weighted by Crippen LogP contribution is 2.37. The van der Waals surface area contributed by atoms with Crippen LogP contribution in [0.3, 0.4) is 0 Å². The van der Waals surface area contributed by atoms with Crippen LogP contribution in [0.1, 0.15) is 48.2 Å². The van der Waals surface area contributed by atoms with Gasteiger partial charge >= 0.3 is 0 Å². The fourth-order valence-corrected chi connectivity index (χ4v) is 3.40. The second kappa shape index (κ2) is 5.35. The summed E-state index contributed by atoms with van der Waals surface area (Å²) >= 11 is 0. The van der Waals surface area contributed by atoms with Gasteiger partial charge in [0.1, 0.15) is 0 Å². The van der Waals surface area contributed by atoms with Crippen LogP contribution >= 0.6 is 0 Å². The first kappa shape index (κ1) is 15.0. The molecule has 2 nitrogen and oxygen atoms in total. The summed E-state index contributed by atoms with van der Waals surface area (Å²) in [5.74, 6) is 0. The topological polar surface area (TPSA) is 25.2 Å². The van der Waals surface area contributed by atoms with Crippen LogP contribution in [0.4, 0.5) is 5.69 Å². The Hall–Kier alpha value is -1.96. The number of aryl methyl sites for hydroxylation is 4. The summed E-state index contributed by atoms with van der Waals surface area (Å²) in [6.45, 7) is 11.0. The molecule has 1 aliphatic rings. The minimum atomic E-state index is 0.0606. The summed E-state index contributed by atoms with van der Waals surface area (Å²) in [6.07, 6.45) is 4.08. The molecule has 0 aliphatic heterocycles. The molecule has 2 aromatic rings. The van der Waals surface area contributed by atoms with Gasteiger partial charge in [-0.25, -0.2) is 0 Å². The van der Waals surface area contributed by atoms with Gasteiger partial charge < -0.3 is 0 Å². The van der Waals surface area contributed by atoms with E-state index in [4.69, 9.17) is 4.99 Å². The fourth-order valence-electron chi connectivity index (χ4n) is 3.40. The van der Waals surface area contributed by atoms with E-state index in [2.05, 4.69) is 57.8 Å². The van der Waals surface area contributed by atoms with Crippen LogP contribution in [0.15, 0.2) is 35.5 Å². The predicted molar refractivity (Wildman–Crippen MR) is 93.2 cm³/mol. The van der Waals surface area contributed by atoms with E-state index in [1.54, 1.807) is 0 Å². The van der Waals surface area contributed by atoms with Crippen LogP contribution in [0.25, 0.3) is 0 Å². The fraction of sp³-hybridized carbons (Fsp3) is 0.400. The zero-order valence-corrected chi connectivity index (χ0v) is 14.2. The van der Waals surface area contributed by atoms with Gasteiger partial charge in [-0.1, -0.05) is 37.6 Å². The van der Waals surface area contributed by atoms with Crippen molar-refractivity contribution in [3.8, 4) is 0 Å². The number of hydrogen-bond donors (Lipinski definition) is 0. The number of nitrogens with zero attached hydrogens (tertiary/aromatic N) is 2. The summed E-state index contributed by atoms with van der Waals surface area (Å²) in [7, 11) is 0. The Kier molecular flexibility index (Phi) is 3.64. The maximum atomic E-state index is 5.11. The van der Waals surface area contributed by atoms with E-state index < -0.39 is 0 Å². The maximum absolute atomic E-state index is 5.11. The normalized spacial score (nSPS) is 18.3. The monoisotopic (exact) mass is 292 g/mol. The Labute approximate surface area is 133 Å². The zero-order chi connectivity index (χ0) is 15.9. The summed E-state index contributed by atoms with van der Waals surface area (Å²) < 4.78 is 0.